The molecule has 0 unspecified atom stereocenters. The number of anilines is 1. The monoisotopic (exact) mass is 382 g/mol. The largest absolute Gasteiger partial charge is 0.321 e. The van der Waals surface area contributed by atoms with E-state index in [9.17, 15) is 4.79 Å². The van der Waals surface area contributed by atoms with Crippen molar-refractivity contribution in [3.63, 3.8) is 0 Å². The molecule has 0 aliphatic carbocycles. The Morgan fingerprint density at radius 1 is 1.00 bits per heavy atom. The summed E-state index contributed by atoms with van der Waals surface area (Å²) in [5, 5.41) is 4.99. The van der Waals surface area contributed by atoms with Crippen LogP contribution in [0.5, 0.6) is 0 Å². The van der Waals surface area contributed by atoms with Gasteiger partial charge in [-0.2, -0.15) is 0 Å². The predicted octanol–water partition coefficient (Wildman–Crippen LogP) is 5.46. The Labute approximate surface area is 145 Å². The fourth-order valence-corrected chi connectivity index (χ4v) is 3.76. The molecule has 1 amide bonds. The van der Waals surface area contributed by atoms with Crippen molar-refractivity contribution in [2.45, 2.75) is 0 Å². The first kappa shape index (κ1) is 14.4. The Bertz CT molecular complexity index is 989. The van der Waals surface area contributed by atoms with Crippen molar-refractivity contribution in [2.75, 3.05) is 5.32 Å². The molecule has 0 aliphatic rings. The van der Waals surface area contributed by atoms with E-state index >= 15 is 0 Å². The van der Waals surface area contributed by atoms with Crippen LogP contribution in [0.1, 0.15) is 9.67 Å². The van der Waals surface area contributed by atoms with Crippen LogP contribution < -0.4 is 5.32 Å². The second-order valence-electron chi connectivity index (χ2n) is 5.15. The highest BCUT2D eigenvalue weighted by atomic mass is 79.9. The van der Waals surface area contributed by atoms with Gasteiger partial charge in [0.25, 0.3) is 5.91 Å². The number of aromatic nitrogens is 1. The summed E-state index contributed by atoms with van der Waals surface area (Å²) in [6, 6.07) is 19.5. The molecule has 0 atom stereocenters. The SMILES string of the molecule is O=C(Nc1cccc(Br)c1)c1cc2cc3ccccc3nc2s1. The van der Waals surface area contributed by atoms with E-state index in [1.165, 1.54) is 11.3 Å². The number of para-hydroxylation sites is 1. The second-order valence-corrected chi connectivity index (χ2v) is 7.10. The van der Waals surface area contributed by atoms with Gasteiger partial charge in [-0.25, -0.2) is 4.98 Å². The number of carbonyl (C=O) groups is 1. The fourth-order valence-electron chi connectivity index (χ4n) is 2.45. The Morgan fingerprint density at radius 3 is 2.74 bits per heavy atom. The zero-order valence-corrected chi connectivity index (χ0v) is 14.3. The van der Waals surface area contributed by atoms with E-state index in [4.69, 9.17) is 0 Å². The van der Waals surface area contributed by atoms with Gasteiger partial charge in [-0.15, -0.1) is 11.3 Å². The van der Waals surface area contributed by atoms with Crippen LogP contribution in [0.3, 0.4) is 0 Å². The summed E-state index contributed by atoms with van der Waals surface area (Å²) in [6.45, 7) is 0. The van der Waals surface area contributed by atoms with Gasteiger partial charge >= 0.3 is 0 Å². The number of carbonyl (C=O) groups excluding carboxylic acids is 1. The molecule has 2 aromatic carbocycles. The minimum absolute atomic E-state index is 0.116. The molecule has 2 heterocycles. The number of fused-ring (bicyclic) bond motifs is 2. The molecule has 4 aromatic rings. The number of halogens is 1. The molecule has 2 aromatic heterocycles. The first-order chi connectivity index (χ1) is 11.2. The maximum Gasteiger partial charge on any atom is 0.265 e. The van der Waals surface area contributed by atoms with Crippen LogP contribution in [0.4, 0.5) is 5.69 Å². The van der Waals surface area contributed by atoms with E-state index in [1.54, 1.807) is 0 Å². The lowest BCUT2D eigenvalue weighted by molar-refractivity contribution is 0.103. The molecule has 0 saturated carbocycles. The van der Waals surface area contributed by atoms with Crippen molar-refractivity contribution < 1.29 is 4.79 Å². The molecule has 5 heteroatoms. The summed E-state index contributed by atoms with van der Waals surface area (Å²) in [4.78, 5) is 18.6. The summed E-state index contributed by atoms with van der Waals surface area (Å²) in [7, 11) is 0. The molecule has 0 bridgehead atoms. The van der Waals surface area contributed by atoms with Crippen molar-refractivity contribution in [1.82, 2.24) is 4.98 Å². The maximum atomic E-state index is 12.4. The first-order valence-electron chi connectivity index (χ1n) is 7.05. The third-order valence-electron chi connectivity index (χ3n) is 3.52. The average molecular weight is 383 g/mol. The smallest absolute Gasteiger partial charge is 0.265 e. The topological polar surface area (TPSA) is 42.0 Å². The van der Waals surface area contributed by atoms with Crippen LogP contribution in [-0.2, 0) is 0 Å². The summed E-state index contributed by atoms with van der Waals surface area (Å²) >= 11 is 4.81. The second kappa shape index (κ2) is 5.76. The Balaban J connectivity index is 1.70. The molecule has 0 saturated heterocycles. The third-order valence-corrected chi connectivity index (χ3v) is 5.05. The fraction of sp³-hybridized carbons (Fsp3) is 0. The van der Waals surface area contributed by atoms with Crippen LogP contribution >= 0.6 is 27.3 Å². The molecule has 4 rings (SSSR count). The van der Waals surface area contributed by atoms with Crippen LogP contribution in [0, 0.1) is 0 Å². The van der Waals surface area contributed by atoms with Crippen molar-refractivity contribution >= 4 is 60.0 Å². The predicted molar refractivity (Wildman–Crippen MR) is 99.2 cm³/mol. The number of hydrogen-bond acceptors (Lipinski definition) is 3. The number of thiophene rings is 1. The summed E-state index contributed by atoms with van der Waals surface area (Å²) in [5.74, 6) is -0.116. The highest BCUT2D eigenvalue weighted by Crippen LogP contribution is 2.28. The standard InChI is InChI=1S/C18H11BrN2OS/c19-13-5-3-6-14(10-13)20-17(22)16-9-12-8-11-4-1-2-7-15(11)21-18(12)23-16/h1-10H,(H,20,22). The lowest BCUT2D eigenvalue weighted by atomic mass is 10.2. The quantitative estimate of drug-likeness (QED) is 0.499. The Kier molecular flexibility index (Phi) is 3.59. The minimum atomic E-state index is -0.116. The number of hydrogen-bond donors (Lipinski definition) is 1. The molecule has 1 N–H and O–H groups in total. The molecule has 23 heavy (non-hydrogen) atoms. The van der Waals surface area contributed by atoms with Crippen molar-refractivity contribution in [1.29, 1.82) is 0 Å². The average Bonchev–Trinajstić information content (AvgIpc) is 2.95. The first-order valence-corrected chi connectivity index (χ1v) is 8.66. The molecular formula is C18H11BrN2OS. The van der Waals surface area contributed by atoms with Crippen LogP contribution in [0.25, 0.3) is 21.1 Å². The van der Waals surface area contributed by atoms with Crippen LogP contribution in [0.15, 0.2) is 65.1 Å². The van der Waals surface area contributed by atoms with E-state index < -0.39 is 0 Å². The molecule has 0 fully saturated rings. The summed E-state index contributed by atoms with van der Waals surface area (Å²) < 4.78 is 0.930. The number of rotatable bonds is 2. The van der Waals surface area contributed by atoms with Crippen molar-refractivity contribution in [3.8, 4) is 0 Å². The molecule has 112 valence electrons. The van der Waals surface area contributed by atoms with E-state index in [-0.39, 0.29) is 5.91 Å². The zero-order valence-electron chi connectivity index (χ0n) is 11.9. The lowest BCUT2D eigenvalue weighted by Gasteiger charge is -2.03. The number of nitrogens with zero attached hydrogens (tertiary/aromatic N) is 1. The van der Waals surface area contributed by atoms with Gasteiger partial charge < -0.3 is 5.32 Å². The molecule has 0 aliphatic heterocycles. The molecule has 3 nitrogen and oxygen atoms in total. The normalized spacial score (nSPS) is 11.0. The van der Waals surface area contributed by atoms with Crippen molar-refractivity contribution in [3.05, 3.63) is 70.0 Å². The third kappa shape index (κ3) is 2.85. The Morgan fingerprint density at radius 2 is 1.87 bits per heavy atom. The maximum absolute atomic E-state index is 12.4. The highest BCUT2D eigenvalue weighted by Gasteiger charge is 2.12. The molecule has 0 radical (unpaired) electrons. The van der Waals surface area contributed by atoms with Gasteiger partial charge in [0.15, 0.2) is 0 Å². The zero-order chi connectivity index (χ0) is 15.8. The van der Waals surface area contributed by atoms with Gasteiger partial charge in [0.1, 0.15) is 4.83 Å². The van der Waals surface area contributed by atoms with Gasteiger partial charge in [0, 0.05) is 20.9 Å². The van der Waals surface area contributed by atoms with Gasteiger partial charge in [-0.05, 0) is 36.4 Å². The van der Waals surface area contributed by atoms with E-state index in [0.29, 0.717) is 4.88 Å². The van der Waals surface area contributed by atoms with Crippen LogP contribution in [0.2, 0.25) is 0 Å². The minimum Gasteiger partial charge on any atom is -0.321 e. The number of benzene rings is 2. The lowest BCUT2D eigenvalue weighted by Crippen LogP contribution is -2.09. The van der Waals surface area contributed by atoms with Crippen molar-refractivity contribution in [2.24, 2.45) is 0 Å². The van der Waals surface area contributed by atoms with E-state index in [1.807, 2.05) is 54.6 Å². The molecule has 0 spiro atoms. The summed E-state index contributed by atoms with van der Waals surface area (Å²) in [6.07, 6.45) is 0. The number of amides is 1. The van der Waals surface area contributed by atoms with Gasteiger partial charge in [0.2, 0.25) is 0 Å². The number of nitrogens with one attached hydrogen (secondary N) is 1. The molecular weight excluding hydrogens is 372 g/mol. The van der Waals surface area contributed by atoms with Crippen LogP contribution in [-0.4, -0.2) is 10.9 Å². The van der Waals surface area contributed by atoms with Gasteiger partial charge in [-0.3, -0.25) is 4.79 Å². The number of pyridine rings is 1. The Hall–Kier alpha value is -2.24. The van der Waals surface area contributed by atoms with Gasteiger partial charge in [0.05, 0.1) is 10.4 Å². The van der Waals surface area contributed by atoms with Gasteiger partial charge in [-0.1, -0.05) is 40.2 Å². The summed E-state index contributed by atoms with van der Waals surface area (Å²) in [5.41, 5.74) is 1.71. The van der Waals surface area contributed by atoms with E-state index in [2.05, 4.69) is 32.3 Å². The van der Waals surface area contributed by atoms with E-state index in [0.717, 1.165) is 31.3 Å². The highest BCUT2D eigenvalue weighted by molar-refractivity contribution is 9.10.